The van der Waals surface area contributed by atoms with Gasteiger partial charge in [-0.2, -0.15) is 5.10 Å². The highest BCUT2D eigenvalue weighted by Crippen LogP contribution is 2.30. The van der Waals surface area contributed by atoms with E-state index in [9.17, 15) is 13.2 Å². The zero-order chi connectivity index (χ0) is 22.1. The largest absolute Gasteiger partial charge is 0.369 e. The fourth-order valence-electron chi connectivity index (χ4n) is 4.36. The number of sulfonamides is 1. The molecule has 2 fully saturated rings. The Morgan fingerprint density at radius 3 is 2.50 bits per heavy atom. The maximum atomic E-state index is 12.7. The normalized spacial score (nSPS) is 18.9. The van der Waals surface area contributed by atoms with E-state index in [4.69, 9.17) is 0 Å². The lowest BCUT2D eigenvalue weighted by Crippen LogP contribution is -2.48. The standard InChI is InChI=1S/C22H26N6O3S/c29-21(16-26-10-12-27(13-11-26)17-5-2-1-3-6-17)23-22-19-15-18(7-8-20(19)24-25-22)28-9-4-14-32(28,30)31/h1-3,5-8,15H,4,9-14,16H2,(H2,23,24,25,29). The molecule has 10 heteroatoms. The highest BCUT2D eigenvalue weighted by molar-refractivity contribution is 7.93. The maximum Gasteiger partial charge on any atom is 0.239 e. The van der Waals surface area contributed by atoms with Crippen molar-refractivity contribution in [2.24, 2.45) is 0 Å². The molecule has 0 aliphatic carbocycles. The average Bonchev–Trinajstić information content (AvgIpc) is 3.36. The topological polar surface area (TPSA) is 102 Å². The molecule has 168 valence electrons. The summed E-state index contributed by atoms with van der Waals surface area (Å²) >= 11 is 0. The van der Waals surface area contributed by atoms with Crippen molar-refractivity contribution >= 4 is 44.0 Å². The Bertz CT molecular complexity index is 1220. The summed E-state index contributed by atoms with van der Waals surface area (Å²) in [5, 5.41) is 10.7. The molecule has 0 radical (unpaired) electrons. The summed E-state index contributed by atoms with van der Waals surface area (Å²) in [6.07, 6.45) is 0.618. The third-order valence-electron chi connectivity index (χ3n) is 6.05. The Morgan fingerprint density at radius 2 is 1.78 bits per heavy atom. The molecule has 0 unspecified atom stereocenters. The van der Waals surface area contributed by atoms with E-state index in [1.54, 1.807) is 18.2 Å². The molecule has 0 bridgehead atoms. The second kappa shape index (κ2) is 8.44. The van der Waals surface area contributed by atoms with Crippen molar-refractivity contribution in [1.29, 1.82) is 0 Å². The van der Waals surface area contributed by atoms with Crippen LogP contribution in [0.15, 0.2) is 48.5 Å². The van der Waals surface area contributed by atoms with E-state index in [-0.39, 0.29) is 18.2 Å². The van der Waals surface area contributed by atoms with Gasteiger partial charge in [0.05, 0.1) is 23.5 Å². The van der Waals surface area contributed by atoms with E-state index in [1.165, 1.54) is 9.99 Å². The maximum absolute atomic E-state index is 12.7. The van der Waals surface area contributed by atoms with E-state index in [0.29, 0.717) is 29.9 Å². The highest BCUT2D eigenvalue weighted by Gasteiger charge is 2.29. The number of hydrogen-bond donors (Lipinski definition) is 2. The van der Waals surface area contributed by atoms with Gasteiger partial charge in [-0.3, -0.25) is 19.1 Å². The van der Waals surface area contributed by atoms with E-state index >= 15 is 0 Å². The number of benzene rings is 2. The second-order valence-corrected chi connectivity index (χ2v) is 10.2. The summed E-state index contributed by atoms with van der Waals surface area (Å²) in [6, 6.07) is 15.6. The van der Waals surface area contributed by atoms with Gasteiger partial charge in [-0.15, -0.1) is 0 Å². The number of nitrogens with one attached hydrogen (secondary N) is 2. The number of H-pyrrole nitrogens is 1. The van der Waals surface area contributed by atoms with E-state index in [0.717, 1.165) is 31.7 Å². The average molecular weight is 455 g/mol. The Balaban J connectivity index is 1.23. The minimum Gasteiger partial charge on any atom is -0.369 e. The molecule has 2 aliphatic rings. The lowest BCUT2D eigenvalue weighted by Gasteiger charge is -2.35. The third-order valence-corrected chi connectivity index (χ3v) is 7.92. The van der Waals surface area contributed by atoms with Crippen LogP contribution in [0.3, 0.4) is 0 Å². The number of anilines is 3. The van der Waals surface area contributed by atoms with Gasteiger partial charge in [-0.05, 0) is 36.8 Å². The van der Waals surface area contributed by atoms with Gasteiger partial charge in [0.1, 0.15) is 0 Å². The molecular formula is C22H26N6O3S. The summed E-state index contributed by atoms with van der Waals surface area (Å²) in [7, 11) is -3.27. The molecule has 3 aromatic rings. The van der Waals surface area contributed by atoms with Crippen molar-refractivity contribution < 1.29 is 13.2 Å². The molecule has 9 nitrogen and oxygen atoms in total. The molecule has 0 spiro atoms. The highest BCUT2D eigenvalue weighted by atomic mass is 32.2. The number of hydrogen-bond acceptors (Lipinski definition) is 6. The molecule has 0 atom stereocenters. The van der Waals surface area contributed by atoms with Gasteiger partial charge in [0.15, 0.2) is 5.82 Å². The second-order valence-electron chi connectivity index (χ2n) is 8.19. The first-order valence-electron chi connectivity index (χ1n) is 10.8. The molecule has 3 heterocycles. The third kappa shape index (κ3) is 4.15. The molecule has 1 amide bonds. The molecule has 5 rings (SSSR count). The van der Waals surface area contributed by atoms with Crippen molar-refractivity contribution in [3.8, 4) is 0 Å². The van der Waals surface area contributed by atoms with E-state index in [2.05, 4.69) is 37.4 Å². The van der Waals surface area contributed by atoms with Gasteiger partial charge in [0, 0.05) is 43.8 Å². The van der Waals surface area contributed by atoms with Crippen LogP contribution in [0.2, 0.25) is 0 Å². The van der Waals surface area contributed by atoms with Crippen LogP contribution < -0.4 is 14.5 Å². The predicted molar refractivity (Wildman–Crippen MR) is 126 cm³/mol. The Hall–Kier alpha value is -3.11. The van der Waals surface area contributed by atoms with Crippen LogP contribution in [-0.2, 0) is 14.8 Å². The number of nitrogens with zero attached hydrogens (tertiary/aromatic N) is 4. The molecule has 0 saturated carbocycles. The number of para-hydroxylation sites is 1. The fraction of sp³-hybridized carbons (Fsp3) is 0.364. The van der Waals surface area contributed by atoms with Crippen LogP contribution in [0.5, 0.6) is 0 Å². The number of aromatic amines is 1. The summed E-state index contributed by atoms with van der Waals surface area (Å²) in [5.74, 6) is 0.453. The number of carbonyl (C=O) groups excluding carboxylic acids is 1. The van der Waals surface area contributed by atoms with Gasteiger partial charge < -0.3 is 10.2 Å². The zero-order valence-corrected chi connectivity index (χ0v) is 18.5. The van der Waals surface area contributed by atoms with Crippen molar-refractivity contribution in [2.75, 3.05) is 59.5 Å². The number of amides is 1. The minimum atomic E-state index is -3.27. The Morgan fingerprint density at radius 1 is 1.00 bits per heavy atom. The van der Waals surface area contributed by atoms with Gasteiger partial charge in [0.25, 0.3) is 0 Å². The number of carbonyl (C=O) groups is 1. The summed E-state index contributed by atoms with van der Waals surface area (Å²) in [6.45, 7) is 4.12. The molecule has 2 aromatic carbocycles. The van der Waals surface area contributed by atoms with Gasteiger partial charge in [0.2, 0.25) is 15.9 Å². The summed E-state index contributed by atoms with van der Waals surface area (Å²) in [4.78, 5) is 17.1. The van der Waals surface area contributed by atoms with Crippen LogP contribution in [0.1, 0.15) is 6.42 Å². The smallest absolute Gasteiger partial charge is 0.239 e. The lowest BCUT2D eigenvalue weighted by atomic mass is 10.2. The molecule has 32 heavy (non-hydrogen) atoms. The van der Waals surface area contributed by atoms with Gasteiger partial charge in [-0.1, -0.05) is 18.2 Å². The number of fused-ring (bicyclic) bond motifs is 1. The Labute approximate surface area is 187 Å². The number of aromatic nitrogens is 2. The minimum absolute atomic E-state index is 0.134. The van der Waals surface area contributed by atoms with Crippen molar-refractivity contribution in [1.82, 2.24) is 15.1 Å². The SMILES string of the molecule is O=C(CN1CCN(c2ccccc2)CC1)Nc1n[nH]c2ccc(N3CCCS3(=O)=O)cc12. The number of piperazine rings is 1. The molecular weight excluding hydrogens is 428 g/mol. The monoisotopic (exact) mass is 454 g/mol. The summed E-state index contributed by atoms with van der Waals surface area (Å²) < 4.78 is 25.9. The van der Waals surface area contributed by atoms with Crippen molar-refractivity contribution in [2.45, 2.75) is 6.42 Å². The quantitative estimate of drug-likeness (QED) is 0.610. The van der Waals surface area contributed by atoms with Crippen LogP contribution >= 0.6 is 0 Å². The van der Waals surface area contributed by atoms with Crippen molar-refractivity contribution in [3.05, 3.63) is 48.5 Å². The predicted octanol–water partition coefficient (Wildman–Crippen LogP) is 1.86. The first-order chi connectivity index (χ1) is 15.5. The molecule has 2 saturated heterocycles. The van der Waals surface area contributed by atoms with Gasteiger partial charge in [-0.25, -0.2) is 8.42 Å². The zero-order valence-electron chi connectivity index (χ0n) is 17.7. The van der Waals surface area contributed by atoms with E-state index < -0.39 is 10.0 Å². The van der Waals surface area contributed by atoms with Crippen LogP contribution in [0.4, 0.5) is 17.2 Å². The summed E-state index contributed by atoms with van der Waals surface area (Å²) in [5.41, 5.74) is 2.55. The first kappa shape index (κ1) is 20.8. The van der Waals surface area contributed by atoms with Crippen molar-refractivity contribution in [3.63, 3.8) is 0 Å². The van der Waals surface area contributed by atoms with Crippen LogP contribution in [0, 0.1) is 0 Å². The molecule has 1 aromatic heterocycles. The number of rotatable bonds is 5. The van der Waals surface area contributed by atoms with Crippen LogP contribution in [-0.4, -0.2) is 74.4 Å². The molecule has 2 N–H and O–H groups in total. The lowest BCUT2D eigenvalue weighted by molar-refractivity contribution is -0.117. The Kier molecular flexibility index (Phi) is 5.48. The first-order valence-corrected chi connectivity index (χ1v) is 12.4. The van der Waals surface area contributed by atoms with E-state index in [1.807, 2.05) is 18.2 Å². The van der Waals surface area contributed by atoms with Crippen LogP contribution in [0.25, 0.3) is 10.9 Å². The molecule has 2 aliphatic heterocycles. The van der Waals surface area contributed by atoms with Gasteiger partial charge >= 0.3 is 0 Å². The fourth-order valence-corrected chi connectivity index (χ4v) is 5.92.